The SMILES string of the molecule is Cc1c(C(=O)Nc2ccc(C(C)(C)C)cc2)oc2c1ccc1ccccc12. The maximum atomic E-state index is 12.8. The van der Waals surface area contributed by atoms with E-state index in [-0.39, 0.29) is 11.3 Å². The number of aryl methyl sites for hydroxylation is 1. The second kappa shape index (κ2) is 6.27. The number of hydrogen-bond donors (Lipinski definition) is 1. The average Bonchev–Trinajstić information content (AvgIpc) is 2.99. The zero-order chi connectivity index (χ0) is 19.2. The van der Waals surface area contributed by atoms with E-state index >= 15 is 0 Å². The first-order chi connectivity index (χ1) is 12.8. The highest BCUT2D eigenvalue weighted by molar-refractivity contribution is 6.11. The Kier molecular flexibility index (Phi) is 4.03. The van der Waals surface area contributed by atoms with Gasteiger partial charge in [0.2, 0.25) is 0 Å². The number of carbonyl (C=O) groups excluding carboxylic acids is 1. The molecule has 1 aromatic heterocycles. The highest BCUT2D eigenvalue weighted by Crippen LogP contribution is 2.32. The molecule has 0 saturated carbocycles. The van der Waals surface area contributed by atoms with Crippen LogP contribution in [-0.4, -0.2) is 5.91 Å². The molecular formula is C24H23NO2. The highest BCUT2D eigenvalue weighted by Gasteiger charge is 2.19. The highest BCUT2D eigenvalue weighted by atomic mass is 16.3. The molecule has 0 radical (unpaired) electrons. The lowest BCUT2D eigenvalue weighted by Crippen LogP contribution is -2.13. The number of furan rings is 1. The number of rotatable bonds is 2. The third-order valence-corrected chi connectivity index (χ3v) is 5.04. The molecule has 0 aliphatic heterocycles. The monoisotopic (exact) mass is 357 g/mol. The summed E-state index contributed by atoms with van der Waals surface area (Å²) in [5.74, 6) is 0.137. The topological polar surface area (TPSA) is 42.2 Å². The molecule has 0 spiro atoms. The quantitative estimate of drug-likeness (QED) is 0.448. The van der Waals surface area contributed by atoms with Crippen molar-refractivity contribution in [1.29, 1.82) is 0 Å². The van der Waals surface area contributed by atoms with Crippen molar-refractivity contribution in [3.8, 4) is 0 Å². The van der Waals surface area contributed by atoms with E-state index in [0.717, 1.165) is 33.0 Å². The Balaban J connectivity index is 1.68. The Morgan fingerprint density at radius 1 is 0.889 bits per heavy atom. The van der Waals surface area contributed by atoms with Gasteiger partial charge in [0.1, 0.15) is 5.58 Å². The number of anilines is 1. The number of hydrogen-bond acceptors (Lipinski definition) is 2. The second-order valence-corrected chi connectivity index (χ2v) is 8.00. The molecule has 0 aliphatic carbocycles. The first-order valence-electron chi connectivity index (χ1n) is 9.17. The van der Waals surface area contributed by atoms with Crippen molar-refractivity contribution in [3.63, 3.8) is 0 Å². The van der Waals surface area contributed by atoms with Crippen molar-refractivity contribution in [1.82, 2.24) is 0 Å². The molecule has 0 unspecified atom stereocenters. The standard InChI is InChI=1S/C24H23NO2/c1-15-19-14-9-16-7-5-6-8-20(16)22(19)27-21(15)23(26)25-18-12-10-17(11-13-18)24(2,3)4/h5-14H,1-4H3,(H,25,26). The average molecular weight is 357 g/mol. The number of carbonyl (C=O) groups is 1. The molecule has 3 nitrogen and oxygen atoms in total. The zero-order valence-electron chi connectivity index (χ0n) is 16.1. The first kappa shape index (κ1) is 17.3. The van der Waals surface area contributed by atoms with Gasteiger partial charge in [-0.15, -0.1) is 0 Å². The van der Waals surface area contributed by atoms with Gasteiger partial charge in [-0.25, -0.2) is 0 Å². The van der Waals surface area contributed by atoms with E-state index in [0.29, 0.717) is 5.76 Å². The fraction of sp³-hybridized carbons (Fsp3) is 0.208. The van der Waals surface area contributed by atoms with Gasteiger partial charge in [-0.3, -0.25) is 4.79 Å². The van der Waals surface area contributed by atoms with Crippen LogP contribution in [0.25, 0.3) is 21.7 Å². The van der Waals surface area contributed by atoms with Crippen LogP contribution < -0.4 is 5.32 Å². The van der Waals surface area contributed by atoms with E-state index in [1.54, 1.807) is 0 Å². The summed E-state index contributed by atoms with van der Waals surface area (Å²) in [6.07, 6.45) is 0. The van der Waals surface area contributed by atoms with Gasteiger partial charge in [-0.1, -0.05) is 69.3 Å². The molecule has 27 heavy (non-hydrogen) atoms. The molecule has 1 amide bonds. The van der Waals surface area contributed by atoms with Gasteiger partial charge in [-0.05, 0) is 35.4 Å². The van der Waals surface area contributed by atoms with Gasteiger partial charge in [0.25, 0.3) is 5.91 Å². The first-order valence-corrected chi connectivity index (χ1v) is 9.17. The molecule has 3 aromatic carbocycles. The lowest BCUT2D eigenvalue weighted by Gasteiger charge is -2.19. The minimum atomic E-state index is -0.226. The molecule has 0 aliphatic rings. The van der Waals surface area contributed by atoms with Crippen LogP contribution in [0.2, 0.25) is 0 Å². The Morgan fingerprint density at radius 3 is 2.30 bits per heavy atom. The van der Waals surface area contributed by atoms with Gasteiger partial charge >= 0.3 is 0 Å². The van der Waals surface area contributed by atoms with Crippen molar-refractivity contribution >= 4 is 33.3 Å². The summed E-state index contributed by atoms with van der Waals surface area (Å²) in [6, 6.07) is 20.1. The fourth-order valence-electron chi connectivity index (χ4n) is 3.41. The van der Waals surface area contributed by atoms with E-state index in [1.807, 2.05) is 49.4 Å². The van der Waals surface area contributed by atoms with Crippen molar-refractivity contribution < 1.29 is 9.21 Å². The maximum Gasteiger partial charge on any atom is 0.291 e. The van der Waals surface area contributed by atoms with E-state index in [4.69, 9.17) is 4.42 Å². The molecule has 0 atom stereocenters. The summed E-state index contributed by atoms with van der Waals surface area (Å²) >= 11 is 0. The normalized spacial score (nSPS) is 11.9. The minimum absolute atomic E-state index is 0.0823. The summed E-state index contributed by atoms with van der Waals surface area (Å²) < 4.78 is 6.01. The molecule has 1 N–H and O–H groups in total. The second-order valence-electron chi connectivity index (χ2n) is 8.00. The van der Waals surface area contributed by atoms with Gasteiger partial charge in [0, 0.05) is 22.0 Å². The van der Waals surface area contributed by atoms with Crippen LogP contribution >= 0.6 is 0 Å². The van der Waals surface area contributed by atoms with Gasteiger partial charge in [0.15, 0.2) is 5.76 Å². The van der Waals surface area contributed by atoms with Crippen molar-refractivity contribution in [2.24, 2.45) is 0 Å². The van der Waals surface area contributed by atoms with Crippen LogP contribution in [0.3, 0.4) is 0 Å². The van der Waals surface area contributed by atoms with Crippen LogP contribution in [0, 0.1) is 6.92 Å². The Labute approximate surface area is 159 Å². The number of nitrogens with one attached hydrogen (secondary N) is 1. The van der Waals surface area contributed by atoms with Gasteiger partial charge < -0.3 is 9.73 Å². The van der Waals surface area contributed by atoms with E-state index < -0.39 is 0 Å². The number of fused-ring (bicyclic) bond motifs is 3. The van der Waals surface area contributed by atoms with Crippen LogP contribution in [0.1, 0.15) is 42.5 Å². The zero-order valence-corrected chi connectivity index (χ0v) is 16.1. The summed E-state index contributed by atoms with van der Waals surface area (Å²) in [4.78, 5) is 12.8. The van der Waals surface area contributed by atoms with E-state index in [2.05, 4.69) is 44.3 Å². The fourth-order valence-corrected chi connectivity index (χ4v) is 3.41. The molecule has 0 saturated heterocycles. The lowest BCUT2D eigenvalue weighted by atomic mass is 9.87. The molecule has 4 aromatic rings. The van der Waals surface area contributed by atoms with Crippen molar-refractivity contribution in [2.75, 3.05) is 5.32 Å². The third-order valence-electron chi connectivity index (χ3n) is 5.04. The van der Waals surface area contributed by atoms with Crippen LogP contribution in [0.4, 0.5) is 5.69 Å². The molecule has 0 fully saturated rings. The molecule has 3 heteroatoms. The summed E-state index contributed by atoms with van der Waals surface area (Å²) in [5.41, 5.74) is 3.70. The minimum Gasteiger partial charge on any atom is -0.450 e. The predicted molar refractivity (Wildman–Crippen MR) is 112 cm³/mol. The van der Waals surface area contributed by atoms with E-state index in [9.17, 15) is 4.79 Å². The Morgan fingerprint density at radius 2 is 1.59 bits per heavy atom. The Hall–Kier alpha value is -3.07. The molecule has 0 bridgehead atoms. The van der Waals surface area contributed by atoms with Crippen molar-refractivity contribution in [3.05, 3.63) is 77.6 Å². The number of amides is 1. The molecule has 4 rings (SSSR count). The summed E-state index contributed by atoms with van der Waals surface area (Å²) in [6.45, 7) is 8.44. The maximum absolute atomic E-state index is 12.8. The summed E-state index contributed by atoms with van der Waals surface area (Å²) in [5, 5.41) is 6.05. The van der Waals surface area contributed by atoms with E-state index in [1.165, 1.54) is 5.56 Å². The van der Waals surface area contributed by atoms with Gasteiger partial charge in [-0.2, -0.15) is 0 Å². The predicted octanol–water partition coefficient (Wildman–Crippen LogP) is 6.44. The Bertz CT molecular complexity index is 1140. The van der Waals surface area contributed by atoms with Crippen LogP contribution in [0.15, 0.2) is 65.1 Å². The smallest absolute Gasteiger partial charge is 0.291 e. The largest absolute Gasteiger partial charge is 0.450 e. The van der Waals surface area contributed by atoms with Crippen LogP contribution in [0.5, 0.6) is 0 Å². The molecule has 1 heterocycles. The summed E-state index contributed by atoms with van der Waals surface area (Å²) in [7, 11) is 0. The molecule has 136 valence electrons. The van der Waals surface area contributed by atoms with Gasteiger partial charge in [0.05, 0.1) is 0 Å². The lowest BCUT2D eigenvalue weighted by molar-refractivity contribution is 0.0998. The number of benzene rings is 3. The van der Waals surface area contributed by atoms with Crippen molar-refractivity contribution in [2.45, 2.75) is 33.1 Å². The van der Waals surface area contributed by atoms with Crippen LogP contribution in [-0.2, 0) is 5.41 Å². The third kappa shape index (κ3) is 3.10. The molecular weight excluding hydrogens is 334 g/mol.